The molecule has 2 amide bonds. The molecule has 4 heteroatoms. The number of carbonyl (C=O) groups is 2. The summed E-state index contributed by atoms with van der Waals surface area (Å²) in [5.41, 5.74) is 4.02. The van der Waals surface area contributed by atoms with Crippen LogP contribution in [-0.2, 0) is 4.79 Å². The van der Waals surface area contributed by atoms with E-state index in [-0.39, 0.29) is 11.8 Å². The van der Waals surface area contributed by atoms with E-state index < -0.39 is 0 Å². The maximum absolute atomic E-state index is 13.5. The Hall–Kier alpha value is -3.66. The highest BCUT2D eigenvalue weighted by molar-refractivity contribution is 6.43. The van der Waals surface area contributed by atoms with Crippen LogP contribution in [0.3, 0.4) is 0 Å². The number of amides is 2. The van der Waals surface area contributed by atoms with Crippen LogP contribution >= 0.6 is 0 Å². The summed E-state index contributed by atoms with van der Waals surface area (Å²) in [6.45, 7) is 4.63. The van der Waals surface area contributed by atoms with Crippen molar-refractivity contribution < 1.29 is 14.3 Å². The Morgan fingerprint density at radius 3 is 2.20 bits per heavy atom. The molecule has 3 aromatic rings. The maximum atomic E-state index is 13.5. The Kier molecular flexibility index (Phi) is 5.48. The molecule has 0 bridgehead atoms. The molecule has 1 aliphatic heterocycles. The van der Waals surface area contributed by atoms with Gasteiger partial charge in [0.1, 0.15) is 5.75 Å². The molecule has 0 spiro atoms. The van der Waals surface area contributed by atoms with Gasteiger partial charge in [0.2, 0.25) is 0 Å². The lowest BCUT2D eigenvalue weighted by Crippen LogP contribution is -2.42. The molecule has 1 aliphatic rings. The molecule has 4 nitrogen and oxygen atoms in total. The molecule has 0 atom stereocenters. The molecule has 1 heterocycles. The summed E-state index contributed by atoms with van der Waals surface area (Å²) in [7, 11) is 0. The lowest BCUT2D eigenvalue weighted by atomic mass is 9.91. The first-order chi connectivity index (χ1) is 14.6. The van der Waals surface area contributed by atoms with Gasteiger partial charge in [0, 0.05) is 11.1 Å². The van der Waals surface area contributed by atoms with Gasteiger partial charge in [-0.3, -0.25) is 9.59 Å². The number of anilines is 1. The Labute approximate surface area is 176 Å². The van der Waals surface area contributed by atoms with Gasteiger partial charge >= 0.3 is 0 Å². The second-order valence-corrected chi connectivity index (χ2v) is 7.25. The van der Waals surface area contributed by atoms with Crippen molar-refractivity contribution in [1.82, 2.24) is 0 Å². The summed E-state index contributed by atoms with van der Waals surface area (Å²) >= 11 is 0. The van der Waals surface area contributed by atoms with Crippen LogP contribution in [0.1, 0.15) is 40.4 Å². The zero-order chi connectivity index (χ0) is 21.1. The van der Waals surface area contributed by atoms with Gasteiger partial charge in [0.15, 0.2) is 0 Å². The Morgan fingerprint density at radius 2 is 1.50 bits per heavy atom. The maximum Gasteiger partial charge on any atom is 0.265 e. The van der Waals surface area contributed by atoms with Gasteiger partial charge in [-0.25, -0.2) is 4.90 Å². The predicted octanol–water partition coefficient (Wildman–Crippen LogP) is 5.51. The summed E-state index contributed by atoms with van der Waals surface area (Å²) in [6.07, 6.45) is 2.78. The SMILES string of the molecule is CCCOc1ccc(/C=C2\C(=O)N(c3ccccc3C)C(=O)c3ccccc32)cc1. The van der Waals surface area contributed by atoms with Crippen molar-refractivity contribution in [3.8, 4) is 5.75 Å². The van der Waals surface area contributed by atoms with Crippen molar-refractivity contribution in [2.75, 3.05) is 11.5 Å². The molecule has 0 saturated heterocycles. The highest BCUT2D eigenvalue weighted by Crippen LogP contribution is 2.34. The number of hydrogen-bond donors (Lipinski definition) is 0. The number of para-hydroxylation sites is 1. The molecule has 3 aromatic carbocycles. The molecular weight excluding hydrogens is 374 g/mol. The van der Waals surface area contributed by atoms with Crippen LogP contribution in [0, 0.1) is 6.92 Å². The van der Waals surface area contributed by atoms with E-state index in [1.54, 1.807) is 12.1 Å². The topological polar surface area (TPSA) is 46.6 Å². The number of nitrogens with zero attached hydrogens (tertiary/aromatic N) is 1. The number of imide groups is 1. The highest BCUT2D eigenvalue weighted by Gasteiger charge is 2.36. The molecular formula is C26H23NO3. The lowest BCUT2D eigenvalue weighted by Gasteiger charge is -2.29. The van der Waals surface area contributed by atoms with Crippen LogP contribution < -0.4 is 9.64 Å². The van der Waals surface area contributed by atoms with E-state index in [1.165, 1.54) is 4.90 Å². The van der Waals surface area contributed by atoms with E-state index in [2.05, 4.69) is 6.92 Å². The first-order valence-corrected chi connectivity index (χ1v) is 10.1. The van der Waals surface area contributed by atoms with Gasteiger partial charge < -0.3 is 4.74 Å². The van der Waals surface area contributed by atoms with Crippen molar-refractivity contribution in [3.05, 3.63) is 95.1 Å². The molecule has 0 radical (unpaired) electrons. The van der Waals surface area contributed by atoms with Crippen molar-refractivity contribution in [2.24, 2.45) is 0 Å². The third-order valence-electron chi connectivity index (χ3n) is 5.10. The first kappa shape index (κ1) is 19.6. The van der Waals surface area contributed by atoms with Gasteiger partial charge in [0.05, 0.1) is 12.3 Å². The monoisotopic (exact) mass is 397 g/mol. The van der Waals surface area contributed by atoms with E-state index in [1.807, 2.05) is 73.7 Å². The summed E-state index contributed by atoms with van der Waals surface area (Å²) in [5, 5.41) is 0. The average Bonchev–Trinajstić information content (AvgIpc) is 2.77. The molecule has 4 rings (SSSR count). The fourth-order valence-electron chi connectivity index (χ4n) is 3.57. The molecule has 150 valence electrons. The molecule has 0 unspecified atom stereocenters. The Balaban J connectivity index is 1.79. The largest absolute Gasteiger partial charge is 0.494 e. The van der Waals surface area contributed by atoms with Gasteiger partial charge in [0.25, 0.3) is 11.8 Å². The number of benzene rings is 3. The predicted molar refractivity (Wildman–Crippen MR) is 120 cm³/mol. The Morgan fingerprint density at radius 1 is 0.833 bits per heavy atom. The van der Waals surface area contributed by atoms with E-state index in [0.29, 0.717) is 29.0 Å². The van der Waals surface area contributed by atoms with Gasteiger partial charge in [-0.2, -0.15) is 0 Å². The standard InChI is InChI=1S/C26H23NO3/c1-3-16-30-20-14-12-19(13-15-20)17-23-21-9-5-6-10-22(21)25(28)27(26(23)29)24-11-7-4-8-18(24)2/h4-15,17H,3,16H2,1-2H3/b23-17-. The molecule has 0 aromatic heterocycles. The van der Waals surface area contributed by atoms with Crippen LogP contribution in [-0.4, -0.2) is 18.4 Å². The average molecular weight is 397 g/mol. The van der Waals surface area contributed by atoms with Crippen LogP contribution in [0.2, 0.25) is 0 Å². The third-order valence-corrected chi connectivity index (χ3v) is 5.10. The van der Waals surface area contributed by atoms with Crippen molar-refractivity contribution in [2.45, 2.75) is 20.3 Å². The summed E-state index contributed by atoms with van der Waals surface area (Å²) in [4.78, 5) is 27.9. The number of aryl methyl sites for hydroxylation is 1. The molecule has 0 fully saturated rings. The summed E-state index contributed by atoms with van der Waals surface area (Å²) < 4.78 is 5.64. The molecule has 0 aliphatic carbocycles. The number of carbonyl (C=O) groups excluding carboxylic acids is 2. The van der Waals surface area contributed by atoms with Crippen molar-refractivity contribution in [3.63, 3.8) is 0 Å². The normalized spacial score (nSPS) is 14.7. The zero-order valence-corrected chi connectivity index (χ0v) is 17.1. The van der Waals surface area contributed by atoms with Gasteiger partial charge in [-0.15, -0.1) is 0 Å². The molecule has 30 heavy (non-hydrogen) atoms. The fourth-order valence-corrected chi connectivity index (χ4v) is 3.57. The summed E-state index contributed by atoms with van der Waals surface area (Å²) in [6, 6.07) is 22.3. The fraction of sp³-hybridized carbons (Fsp3) is 0.154. The van der Waals surface area contributed by atoms with Crippen molar-refractivity contribution >= 4 is 29.2 Å². The number of fused-ring (bicyclic) bond motifs is 1. The van der Waals surface area contributed by atoms with Gasteiger partial charge in [-0.05, 0) is 60.4 Å². The third kappa shape index (κ3) is 3.64. The minimum absolute atomic E-state index is 0.301. The first-order valence-electron chi connectivity index (χ1n) is 10.1. The number of rotatable bonds is 5. The smallest absolute Gasteiger partial charge is 0.265 e. The van der Waals surface area contributed by atoms with Gasteiger partial charge in [-0.1, -0.05) is 55.5 Å². The van der Waals surface area contributed by atoms with E-state index >= 15 is 0 Å². The van der Waals surface area contributed by atoms with Crippen LogP contribution in [0.15, 0.2) is 72.8 Å². The van der Waals surface area contributed by atoms with E-state index in [9.17, 15) is 9.59 Å². The number of ether oxygens (including phenoxy) is 1. The van der Waals surface area contributed by atoms with E-state index in [0.717, 1.165) is 23.3 Å². The second kappa shape index (κ2) is 8.37. The minimum atomic E-state index is -0.320. The molecule has 0 N–H and O–H groups in total. The van der Waals surface area contributed by atoms with Crippen LogP contribution in [0.25, 0.3) is 11.6 Å². The number of hydrogen-bond acceptors (Lipinski definition) is 3. The van der Waals surface area contributed by atoms with Crippen molar-refractivity contribution in [1.29, 1.82) is 0 Å². The summed E-state index contributed by atoms with van der Waals surface area (Å²) in [5.74, 6) is 0.177. The van der Waals surface area contributed by atoms with Crippen LogP contribution in [0.4, 0.5) is 5.69 Å². The quantitative estimate of drug-likeness (QED) is 0.421. The second-order valence-electron chi connectivity index (χ2n) is 7.25. The Bertz CT molecular complexity index is 1130. The highest BCUT2D eigenvalue weighted by atomic mass is 16.5. The zero-order valence-electron chi connectivity index (χ0n) is 17.1. The van der Waals surface area contributed by atoms with E-state index in [4.69, 9.17) is 4.74 Å². The van der Waals surface area contributed by atoms with Crippen LogP contribution in [0.5, 0.6) is 5.75 Å². The minimum Gasteiger partial charge on any atom is -0.494 e. The lowest BCUT2D eigenvalue weighted by molar-refractivity contribution is -0.112. The molecule has 0 saturated carbocycles.